The van der Waals surface area contributed by atoms with Crippen molar-refractivity contribution in [2.75, 3.05) is 0 Å². The monoisotopic (exact) mass is 391 g/mol. The van der Waals surface area contributed by atoms with E-state index in [2.05, 4.69) is 71.4 Å². The van der Waals surface area contributed by atoms with Gasteiger partial charge in [-0.1, -0.05) is 45.0 Å². The maximum atomic E-state index is 12.6. The Morgan fingerprint density at radius 1 is 1.21 bits per heavy atom. The van der Waals surface area contributed by atoms with Crippen molar-refractivity contribution in [2.24, 2.45) is 7.05 Å². The number of aryl methyl sites for hydroxylation is 1. The highest BCUT2D eigenvalue weighted by Gasteiger charge is 2.21. The number of nitrogens with zero attached hydrogens (tertiary/aromatic N) is 2. The molecule has 1 heterocycles. The molecule has 0 spiro atoms. The van der Waals surface area contributed by atoms with Gasteiger partial charge in [0.2, 0.25) is 0 Å². The highest BCUT2D eigenvalue weighted by molar-refractivity contribution is 9.10. The van der Waals surface area contributed by atoms with Crippen molar-refractivity contribution in [3.05, 3.63) is 51.3 Å². The Morgan fingerprint density at radius 2 is 1.79 bits per heavy atom. The lowest BCUT2D eigenvalue weighted by Gasteiger charge is -2.18. The van der Waals surface area contributed by atoms with E-state index in [-0.39, 0.29) is 11.9 Å². The number of halogens is 1. The molecule has 2 atom stereocenters. The van der Waals surface area contributed by atoms with Crippen molar-refractivity contribution in [2.45, 2.75) is 52.5 Å². The molecule has 0 saturated carbocycles. The summed E-state index contributed by atoms with van der Waals surface area (Å²) in [5, 5.41) is 7.40. The Labute approximate surface area is 152 Å². The van der Waals surface area contributed by atoms with Crippen LogP contribution in [0, 0.1) is 6.92 Å². The zero-order valence-corrected chi connectivity index (χ0v) is 16.6. The average Bonchev–Trinajstić information content (AvgIpc) is 2.86. The van der Waals surface area contributed by atoms with Crippen molar-refractivity contribution < 1.29 is 4.79 Å². The van der Waals surface area contributed by atoms with Gasteiger partial charge in [0.1, 0.15) is 0 Å². The standard InChI is InChI=1S/C19H26BrN3O/c1-6-12(3)14-8-10-15(11-9-14)16(7-2)21-19(24)18-17(20)13(4)23(5)22-18/h8-12,16H,6-7H2,1-5H3,(H,21,24). The first-order chi connectivity index (χ1) is 11.4. The van der Waals surface area contributed by atoms with Crippen LogP contribution in [0.4, 0.5) is 0 Å². The summed E-state index contributed by atoms with van der Waals surface area (Å²) in [6.07, 6.45) is 1.96. The van der Waals surface area contributed by atoms with Crippen LogP contribution in [0.5, 0.6) is 0 Å². The van der Waals surface area contributed by atoms with Gasteiger partial charge < -0.3 is 5.32 Å². The van der Waals surface area contributed by atoms with E-state index in [9.17, 15) is 4.79 Å². The second kappa shape index (κ2) is 7.97. The number of carbonyl (C=O) groups excluding carboxylic acids is 1. The van der Waals surface area contributed by atoms with Crippen molar-refractivity contribution >= 4 is 21.8 Å². The maximum absolute atomic E-state index is 12.6. The normalized spacial score (nSPS) is 13.6. The molecule has 1 amide bonds. The summed E-state index contributed by atoms with van der Waals surface area (Å²) >= 11 is 3.46. The van der Waals surface area contributed by atoms with Crippen LogP contribution in [0.1, 0.15) is 72.9 Å². The topological polar surface area (TPSA) is 46.9 Å². The van der Waals surface area contributed by atoms with Crippen LogP contribution in [0.3, 0.4) is 0 Å². The molecule has 2 unspecified atom stereocenters. The summed E-state index contributed by atoms with van der Waals surface area (Å²) in [6.45, 7) is 8.43. The van der Waals surface area contributed by atoms with E-state index in [4.69, 9.17) is 0 Å². The molecule has 2 aromatic rings. The van der Waals surface area contributed by atoms with Gasteiger partial charge in [-0.25, -0.2) is 0 Å². The molecule has 1 aromatic carbocycles. The minimum Gasteiger partial charge on any atom is -0.344 e. The summed E-state index contributed by atoms with van der Waals surface area (Å²) in [5.41, 5.74) is 3.84. The van der Waals surface area contributed by atoms with E-state index in [1.807, 2.05) is 14.0 Å². The minimum atomic E-state index is -0.150. The van der Waals surface area contributed by atoms with Gasteiger partial charge in [0.25, 0.3) is 5.91 Å². The average molecular weight is 392 g/mol. The molecular weight excluding hydrogens is 366 g/mol. The Hall–Kier alpha value is -1.62. The van der Waals surface area contributed by atoms with Crippen molar-refractivity contribution in [3.8, 4) is 0 Å². The molecule has 0 aliphatic carbocycles. The minimum absolute atomic E-state index is 0.0160. The molecule has 24 heavy (non-hydrogen) atoms. The number of nitrogens with one attached hydrogen (secondary N) is 1. The fourth-order valence-corrected chi connectivity index (χ4v) is 3.18. The Bertz CT molecular complexity index is 706. The van der Waals surface area contributed by atoms with Crippen LogP contribution >= 0.6 is 15.9 Å². The third-order valence-corrected chi connectivity index (χ3v) is 5.66. The predicted octanol–water partition coefficient (Wildman–Crippen LogP) is 4.89. The van der Waals surface area contributed by atoms with Gasteiger partial charge in [-0.15, -0.1) is 0 Å². The van der Waals surface area contributed by atoms with Crippen LogP contribution in [-0.4, -0.2) is 15.7 Å². The van der Waals surface area contributed by atoms with Gasteiger partial charge in [-0.2, -0.15) is 5.10 Å². The van der Waals surface area contributed by atoms with E-state index < -0.39 is 0 Å². The van der Waals surface area contributed by atoms with Crippen molar-refractivity contribution in [1.82, 2.24) is 15.1 Å². The molecule has 1 N–H and O–H groups in total. The second-order valence-corrected chi connectivity index (χ2v) is 7.07. The number of rotatable bonds is 6. The summed E-state index contributed by atoms with van der Waals surface area (Å²) < 4.78 is 2.46. The fourth-order valence-electron chi connectivity index (χ4n) is 2.67. The van der Waals surface area contributed by atoms with Gasteiger partial charge in [0.05, 0.1) is 16.2 Å². The summed E-state index contributed by atoms with van der Waals surface area (Å²) in [5.74, 6) is 0.407. The van der Waals surface area contributed by atoms with E-state index in [1.54, 1.807) is 4.68 Å². The van der Waals surface area contributed by atoms with Crippen LogP contribution < -0.4 is 5.32 Å². The highest BCUT2D eigenvalue weighted by atomic mass is 79.9. The number of hydrogen-bond acceptors (Lipinski definition) is 2. The van der Waals surface area contributed by atoms with Crippen LogP contribution in [-0.2, 0) is 7.05 Å². The van der Waals surface area contributed by atoms with Crippen LogP contribution in [0.25, 0.3) is 0 Å². The van der Waals surface area contributed by atoms with Crippen LogP contribution in [0.2, 0.25) is 0 Å². The first-order valence-corrected chi connectivity index (χ1v) is 9.28. The SMILES string of the molecule is CCC(C)c1ccc(C(CC)NC(=O)c2nn(C)c(C)c2Br)cc1. The molecular formula is C19H26BrN3O. The van der Waals surface area contributed by atoms with Gasteiger partial charge in [0.15, 0.2) is 5.69 Å². The van der Waals surface area contributed by atoms with Crippen molar-refractivity contribution in [3.63, 3.8) is 0 Å². The van der Waals surface area contributed by atoms with E-state index in [0.29, 0.717) is 11.6 Å². The first kappa shape index (κ1) is 18.7. The third kappa shape index (κ3) is 3.89. The Morgan fingerprint density at radius 3 is 2.25 bits per heavy atom. The number of benzene rings is 1. The largest absolute Gasteiger partial charge is 0.344 e. The van der Waals surface area contributed by atoms with Gasteiger partial charge in [-0.05, 0) is 52.7 Å². The van der Waals surface area contributed by atoms with E-state index in [1.165, 1.54) is 5.56 Å². The lowest BCUT2D eigenvalue weighted by Crippen LogP contribution is -2.28. The molecule has 4 nitrogen and oxygen atoms in total. The molecule has 2 rings (SSSR count). The fraction of sp³-hybridized carbons (Fsp3) is 0.474. The molecule has 0 bridgehead atoms. The quantitative estimate of drug-likeness (QED) is 0.761. The number of amides is 1. The number of aromatic nitrogens is 2. The Balaban J connectivity index is 2.16. The Kier molecular flexibility index (Phi) is 6.21. The molecule has 0 radical (unpaired) electrons. The van der Waals surface area contributed by atoms with Gasteiger partial charge >= 0.3 is 0 Å². The molecule has 0 aliphatic rings. The molecule has 0 aliphatic heterocycles. The van der Waals surface area contributed by atoms with E-state index >= 15 is 0 Å². The second-order valence-electron chi connectivity index (χ2n) is 6.28. The molecule has 130 valence electrons. The summed E-state index contributed by atoms with van der Waals surface area (Å²) in [7, 11) is 1.84. The molecule has 0 fully saturated rings. The molecule has 5 heteroatoms. The first-order valence-electron chi connectivity index (χ1n) is 8.48. The smallest absolute Gasteiger partial charge is 0.273 e. The summed E-state index contributed by atoms with van der Waals surface area (Å²) in [4.78, 5) is 12.6. The predicted molar refractivity (Wildman–Crippen MR) is 101 cm³/mol. The number of carbonyl (C=O) groups is 1. The van der Waals surface area contributed by atoms with E-state index in [0.717, 1.165) is 28.6 Å². The number of hydrogen-bond donors (Lipinski definition) is 1. The zero-order chi connectivity index (χ0) is 17.9. The molecule has 0 saturated heterocycles. The van der Waals surface area contributed by atoms with Crippen LogP contribution in [0.15, 0.2) is 28.7 Å². The third-order valence-electron chi connectivity index (χ3n) is 4.71. The lowest BCUT2D eigenvalue weighted by atomic mass is 9.95. The highest BCUT2D eigenvalue weighted by Crippen LogP contribution is 2.24. The van der Waals surface area contributed by atoms with Crippen molar-refractivity contribution in [1.29, 1.82) is 0 Å². The zero-order valence-electron chi connectivity index (χ0n) is 15.1. The lowest BCUT2D eigenvalue weighted by molar-refractivity contribution is 0.0929. The van der Waals surface area contributed by atoms with Gasteiger partial charge in [0, 0.05) is 7.05 Å². The summed E-state index contributed by atoms with van der Waals surface area (Å²) in [6, 6.07) is 8.56. The maximum Gasteiger partial charge on any atom is 0.273 e. The van der Waals surface area contributed by atoms with Gasteiger partial charge in [-0.3, -0.25) is 9.48 Å². The molecule has 1 aromatic heterocycles.